The minimum absolute atomic E-state index is 0.274. The van der Waals surface area contributed by atoms with Crippen molar-refractivity contribution >= 4 is 26.0 Å². The van der Waals surface area contributed by atoms with E-state index in [4.69, 9.17) is 5.73 Å². The third kappa shape index (κ3) is 3.65. The Kier molecular flexibility index (Phi) is 5.43. The van der Waals surface area contributed by atoms with Crippen LogP contribution in [0.2, 0.25) is 0 Å². The number of nitrogens with zero attached hydrogens (tertiary/aromatic N) is 2. The molecular weight excluding hydrogens is 354 g/mol. The standard InChI is InChI=1S/C14H22BrN3O2S/c1-17(2)12-4-3-7-18(10-12)21(19,20)14-6-5-11(9-16)8-13(14)15/h5-6,8,12H,3-4,7,9-10,16H2,1-2H3. The molecule has 0 aromatic heterocycles. The molecule has 0 amide bonds. The van der Waals surface area contributed by atoms with E-state index in [1.165, 1.54) is 0 Å². The summed E-state index contributed by atoms with van der Waals surface area (Å²) in [5, 5.41) is 0. The van der Waals surface area contributed by atoms with Crippen LogP contribution in [0.5, 0.6) is 0 Å². The van der Waals surface area contributed by atoms with E-state index in [0.29, 0.717) is 29.0 Å². The number of sulfonamides is 1. The van der Waals surface area contributed by atoms with Gasteiger partial charge < -0.3 is 10.6 Å². The molecule has 1 heterocycles. The van der Waals surface area contributed by atoms with Crippen molar-refractivity contribution in [3.05, 3.63) is 28.2 Å². The van der Waals surface area contributed by atoms with Gasteiger partial charge in [0.15, 0.2) is 0 Å². The highest BCUT2D eigenvalue weighted by Crippen LogP contribution is 2.28. The van der Waals surface area contributed by atoms with Crippen LogP contribution in [0, 0.1) is 0 Å². The van der Waals surface area contributed by atoms with Crippen molar-refractivity contribution in [3.8, 4) is 0 Å². The lowest BCUT2D eigenvalue weighted by molar-refractivity contribution is 0.190. The number of halogens is 1. The Morgan fingerprint density at radius 3 is 2.71 bits per heavy atom. The Bertz CT molecular complexity index is 604. The predicted molar refractivity (Wildman–Crippen MR) is 87.5 cm³/mol. The minimum Gasteiger partial charge on any atom is -0.326 e. The third-order valence-electron chi connectivity index (χ3n) is 3.94. The van der Waals surface area contributed by atoms with Crippen LogP contribution in [0.1, 0.15) is 18.4 Å². The van der Waals surface area contributed by atoms with Crippen LogP contribution in [0.15, 0.2) is 27.6 Å². The van der Waals surface area contributed by atoms with Gasteiger partial charge in [0.25, 0.3) is 0 Å². The van der Waals surface area contributed by atoms with E-state index in [9.17, 15) is 8.42 Å². The van der Waals surface area contributed by atoms with Gasteiger partial charge in [-0.3, -0.25) is 0 Å². The first kappa shape index (κ1) is 16.9. The first-order chi connectivity index (χ1) is 9.86. The number of hydrogen-bond donors (Lipinski definition) is 1. The smallest absolute Gasteiger partial charge is 0.244 e. The summed E-state index contributed by atoms with van der Waals surface area (Å²) in [5.41, 5.74) is 6.49. The normalized spacial score (nSPS) is 20.9. The molecule has 7 heteroatoms. The largest absolute Gasteiger partial charge is 0.326 e. The van der Waals surface area contributed by atoms with Gasteiger partial charge in [0, 0.05) is 30.1 Å². The second kappa shape index (κ2) is 6.75. The molecule has 1 saturated heterocycles. The number of piperidine rings is 1. The van der Waals surface area contributed by atoms with Crippen LogP contribution in [0.25, 0.3) is 0 Å². The zero-order valence-corrected chi connectivity index (χ0v) is 14.8. The maximum atomic E-state index is 12.8. The van der Waals surface area contributed by atoms with Crippen molar-refractivity contribution in [2.45, 2.75) is 30.3 Å². The molecule has 0 bridgehead atoms. The van der Waals surface area contributed by atoms with Gasteiger partial charge in [-0.15, -0.1) is 0 Å². The molecule has 21 heavy (non-hydrogen) atoms. The molecule has 5 nitrogen and oxygen atoms in total. The Hall–Kier alpha value is -0.470. The Morgan fingerprint density at radius 2 is 2.14 bits per heavy atom. The van der Waals surface area contributed by atoms with Crippen molar-refractivity contribution in [2.24, 2.45) is 5.73 Å². The topological polar surface area (TPSA) is 66.6 Å². The van der Waals surface area contributed by atoms with Crippen LogP contribution in [-0.2, 0) is 16.6 Å². The molecule has 118 valence electrons. The maximum Gasteiger partial charge on any atom is 0.244 e. The average Bonchev–Trinajstić information content (AvgIpc) is 2.46. The number of likely N-dealkylation sites (N-methyl/N-ethyl adjacent to an activating group) is 1. The van der Waals surface area contributed by atoms with Gasteiger partial charge in [-0.1, -0.05) is 6.07 Å². The van der Waals surface area contributed by atoms with E-state index in [0.717, 1.165) is 18.4 Å². The van der Waals surface area contributed by atoms with Crippen LogP contribution < -0.4 is 5.73 Å². The fourth-order valence-electron chi connectivity index (χ4n) is 2.58. The van der Waals surface area contributed by atoms with Crippen molar-refractivity contribution in [2.75, 3.05) is 27.2 Å². The van der Waals surface area contributed by atoms with Crippen LogP contribution in [0.3, 0.4) is 0 Å². The summed E-state index contributed by atoms with van der Waals surface area (Å²) in [6, 6.07) is 5.46. The summed E-state index contributed by atoms with van der Waals surface area (Å²) in [5.74, 6) is 0. The molecule has 2 rings (SSSR count). The summed E-state index contributed by atoms with van der Waals surface area (Å²) in [6.45, 7) is 1.52. The van der Waals surface area contributed by atoms with Gasteiger partial charge >= 0.3 is 0 Å². The SMILES string of the molecule is CN(C)C1CCCN(S(=O)(=O)c2ccc(CN)cc2Br)C1. The van der Waals surface area contributed by atoms with E-state index in [2.05, 4.69) is 20.8 Å². The highest BCUT2D eigenvalue weighted by molar-refractivity contribution is 9.10. The van der Waals surface area contributed by atoms with Gasteiger partial charge in [-0.25, -0.2) is 8.42 Å². The summed E-state index contributed by atoms with van der Waals surface area (Å²) in [7, 11) is 0.520. The van der Waals surface area contributed by atoms with E-state index in [1.54, 1.807) is 22.5 Å². The lowest BCUT2D eigenvalue weighted by Crippen LogP contribution is -2.47. The van der Waals surface area contributed by atoms with Crippen LogP contribution >= 0.6 is 15.9 Å². The van der Waals surface area contributed by atoms with Gasteiger partial charge in [-0.2, -0.15) is 4.31 Å². The number of benzene rings is 1. The molecule has 0 saturated carbocycles. The Balaban J connectivity index is 2.29. The summed E-state index contributed by atoms with van der Waals surface area (Å²) < 4.78 is 27.8. The molecule has 0 aliphatic carbocycles. The van der Waals surface area contributed by atoms with Crippen LogP contribution in [-0.4, -0.2) is 50.8 Å². The molecule has 2 N–H and O–H groups in total. The van der Waals surface area contributed by atoms with Crippen molar-refractivity contribution in [1.82, 2.24) is 9.21 Å². The van der Waals surface area contributed by atoms with Gasteiger partial charge in [0.2, 0.25) is 10.0 Å². The van der Waals surface area contributed by atoms with E-state index in [1.807, 2.05) is 14.1 Å². The van der Waals surface area contributed by atoms with E-state index >= 15 is 0 Å². The average molecular weight is 376 g/mol. The van der Waals surface area contributed by atoms with E-state index in [-0.39, 0.29) is 6.04 Å². The number of nitrogens with two attached hydrogens (primary N) is 1. The summed E-state index contributed by atoms with van der Waals surface area (Å²) in [6.07, 6.45) is 1.92. The van der Waals surface area contributed by atoms with Gasteiger partial charge in [-0.05, 0) is 60.6 Å². The molecule has 1 aromatic rings. The first-order valence-corrected chi connectivity index (χ1v) is 9.24. The molecule has 1 aliphatic heterocycles. The van der Waals surface area contributed by atoms with Crippen LogP contribution in [0.4, 0.5) is 0 Å². The monoisotopic (exact) mass is 375 g/mol. The van der Waals surface area contributed by atoms with Crippen molar-refractivity contribution in [1.29, 1.82) is 0 Å². The first-order valence-electron chi connectivity index (χ1n) is 7.01. The Morgan fingerprint density at radius 1 is 1.43 bits per heavy atom. The zero-order valence-electron chi connectivity index (χ0n) is 12.4. The quantitative estimate of drug-likeness (QED) is 0.867. The molecule has 1 aromatic carbocycles. The zero-order chi connectivity index (χ0) is 15.6. The summed E-state index contributed by atoms with van der Waals surface area (Å²) in [4.78, 5) is 2.41. The second-order valence-electron chi connectivity index (χ2n) is 5.59. The minimum atomic E-state index is -3.47. The molecule has 1 aliphatic rings. The Labute approximate surface area is 135 Å². The highest BCUT2D eigenvalue weighted by atomic mass is 79.9. The van der Waals surface area contributed by atoms with Crippen molar-refractivity contribution in [3.63, 3.8) is 0 Å². The molecular formula is C14H22BrN3O2S. The molecule has 0 spiro atoms. The predicted octanol–water partition coefficient (Wildman–Crippen LogP) is 1.62. The fourth-order valence-corrected chi connectivity index (χ4v) is 5.18. The van der Waals surface area contributed by atoms with Gasteiger partial charge in [0.05, 0.1) is 4.90 Å². The lowest BCUT2D eigenvalue weighted by Gasteiger charge is -2.35. The maximum absolute atomic E-state index is 12.8. The number of rotatable bonds is 4. The summed E-state index contributed by atoms with van der Waals surface area (Å²) >= 11 is 3.36. The van der Waals surface area contributed by atoms with E-state index < -0.39 is 10.0 Å². The third-order valence-corrected chi connectivity index (χ3v) is 6.78. The lowest BCUT2D eigenvalue weighted by atomic mass is 10.1. The fraction of sp³-hybridized carbons (Fsp3) is 0.571. The molecule has 0 radical (unpaired) electrons. The molecule has 1 unspecified atom stereocenters. The number of hydrogen-bond acceptors (Lipinski definition) is 4. The molecule has 1 atom stereocenters. The highest BCUT2D eigenvalue weighted by Gasteiger charge is 2.32. The van der Waals surface area contributed by atoms with Gasteiger partial charge in [0.1, 0.15) is 0 Å². The second-order valence-corrected chi connectivity index (χ2v) is 8.35. The molecule has 1 fully saturated rings. The van der Waals surface area contributed by atoms with Crippen molar-refractivity contribution < 1.29 is 8.42 Å².